The number of carbonyl (C=O) groups excluding carboxylic acids is 2. The highest BCUT2D eigenvalue weighted by Gasteiger charge is 2.35. The predicted octanol–water partition coefficient (Wildman–Crippen LogP) is 3.09. The number of benzene rings is 2. The fourth-order valence-corrected chi connectivity index (χ4v) is 2.94. The molecular weight excluding hydrogens is 332 g/mol. The Morgan fingerprint density at radius 1 is 1.12 bits per heavy atom. The molecule has 1 atom stereocenters. The molecule has 1 N–H and O–H groups in total. The van der Waals surface area contributed by atoms with Crippen molar-refractivity contribution in [3.05, 3.63) is 48.5 Å². The minimum atomic E-state index is -0.379. The molecule has 26 heavy (non-hydrogen) atoms. The lowest BCUT2D eigenvalue weighted by atomic mass is 10.1. The van der Waals surface area contributed by atoms with Crippen LogP contribution >= 0.6 is 0 Å². The minimum absolute atomic E-state index is 0.0518. The molecule has 0 aliphatic carbocycles. The molecule has 0 aromatic heterocycles. The van der Waals surface area contributed by atoms with Gasteiger partial charge < -0.3 is 19.7 Å². The largest absolute Gasteiger partial charge is 0.497 e. The highest BCUT2D eigenvalue weighted by Crippen LogP contribution is 2.28. The zero-order chi connectivity index (χ0) is 18.5. The molecule has 1 aliphatic heterocycles. The number of carbonyl (C=O) groups is 2. The van der Waals surface area contributed by atoms with Crippen LogP contribution in [0.15, 0.2) is 48.5 Å². The van der Waals surface area contributed by atoms with Gasteiger partial charge in [-0.15, -0.1) is 0 Å². The number of hydrogen-bond acceptors (Lipinski definition) is 4. The van der Waals surface area contributed by atoms with Gasteiger partial charge in [-0.25, -0.2) is 0 Å². The first-order valence-electron chi connectivity index (χ1n) is 8.59. The van der Waals surface area contributed by atoms with E-state index in [4.69, 9.17) is 9.47 Å². The molecule has 1 heterocycles. The van der Waals surface area contributed by atoms with Gasteiger partial charge in [0.05, 0.1) is 19.6 Å². The van der Waals surface area contributed by atoms with Crippen molar-refractivity contribution in [3.8, 4) is 11.5 Å². The van der Waals surface area contributed by atoms with Gasteiger partial charge in [0.2, 0.25) is 11.8 Å². The summed E-state index contributed by atoms with van der Waals surface area (Å²) in [6.45, 7) is 2.88. The van der Waals surface area contributed by atoms with Gasteiger partial charge in [-0.1, -0.05) is 0 Å². The van der Waals surface area contributed by atoms with Gasteiger partial charge in [-0.05, 0) is 55.5 Å². The maximum absolute atomic E-state index is 12.5. The quantitative estimate of drug-likeness (QED) is 0.866. The standard InChI is InChI=1S/C20H22N2O4/c1-3-26-18-10-6-16(7-11-18)22-13-14(12-19(22)23)20(24)21-15-4-8-17(25-2)9-5-15/h4-11,14H,3,12-13H2,1-2H3,(H,21,24)/t14-/m0/s1. The van der Waals surface area contributed by atoms with Crippen LogP contribution < -0.4 is 19.7 Å². The number of anilines is 2. The van der Waals surface area contributed by atoms with E-state index >= 15 is 0 Å². The zero-order valence-corrected chi connectivity index (χ0v) is 14.9. The SMILES string of the molecule is CCOc1ccc(N2C[C@@H](C(=O)Nc3ccc(OC)cc3)CC2=O)cc1. The van der Waals surface area contributed by atoms with Crippen LogP contribution in [0.3, 0.4) is 0 Å². The van der Waals surface area contributed by atoms with E-state index in [-0.39, 0.29) is 24.2 Å². The number of ether oxygens (including phenoxy) is 2. The van der Waals surface area contributed by atoms with Crippen LogP contribution in [0.1, 0.15) is 13.3 Å². The molecule has 2 amide bonds. The average molecular weight is 354 g/mol. The van der Waals surface area contributed by atoms with E-state index in [1.54, 1.807) is 36.3 Å². The predicted molar refractivity (Wildman–Crippen MR) is 99.7 cm³/mol. The Labute approximate surface area is 152 Å². The van der Waals surface area contributed by atoms with Gasteiger partial charge >= 0.3 is 0 Å². The summed E-state index contributed by atoms with van der Waals surface area (Å²) in [5.74, 6) is 0.898. The molecule has 0 bridgehead atoms. The normalized spacial score (nSPS) is 16.5. The van der Waals surface area contributed by atoms with Crippen molar-refractivity contribution in [2.75, 3.05) is 30.5 Å². The maximum atomic E-state index is 12.5. The second-order valence-electron chi connectivity index (χ2n) is 6.05. The van der Waals surface area contributed by atoms with Crippen LogP contribution in [-0.2, 0) is 9.59 Å². The molecule has 2 aromatic rings. The summed E-state index contributed by atoms with van der Waals surface area (Å²) >= 11 is 0. The van der Waals surface area contributed by atoms with E-state index in [0.29, 0.717) is 18.8 Å². The molecule has 0 unspecified atom stereocenters. The molecular formula is C20H22N2O4. The first-order valence-corrected chi connectivity index (χ1v) is 8.59. The lowest BCUT2D eigenvalue weighted by molar-refractivity contribution is -0.122. The van der Waals surface area contributed by atoms with Crippen LogP contribution in [-0.4, -0.2) is 32.1 Å². The fraction of sp³-hybridized carbons (Fsp3) is 0.300. The molecule has 1 saturated heterocycles. The number of hydrogen-bond donors (Lipinski definition) is 1. The van der Waals surface area contributed by atoms with Crippen LogP contribution in [0.2, 0.25) is 0 Å². The Bertz CT molecular complexity index is 771. The molecule has 3 rings (SSSR count). The summed E-state index contributed by atoms with van der Waals surface area (Å²) < 4.78 is 10.5. The van der Waals surface area contributed by atoms with E-state index in [0.717, 1.165) is 17.2 Å². The smallest absolute Gasteiger partial charge is 0.229 e. The van der Waals surface area contributed by atoms with E-state index in [2.05, 4.69) is 5.32 Å². The second-order valence-corrected chi connectivity index (χ2v) is 6.05. The molecule has 2 aromatic carbocycles. The summed E-state index contributed by atoms with van der Waals surface area (Å²) in [6.07, 6.45) is 0.204. The Balaban J connectivity index is 1.63. The van der Waals surface area contributed by atoms with Gasteiger partial charge in [0.25, 0.3) is 0 Å². The molecule has 1 fully saturated rings. The molecule has 0 saturated carbocycles. The van der Waals surface area contributed by atoms with Crippen LogP contribution in [0.4, 0.5) is 11.4 Å². The van der Waals surface area contributed by atoms with E-state index in [9.17, 15) is 9.59 Å². The van der Waals surface area contributed by atoms with Gasteiger partial charge in [0, 0.05) is 24.3 Å². The van der Waals surface area contributed by atoms with Gasteiger partial charge in [-0.2, -0.15) is 0 Å². The van der Waals surface area contributed by atoms with Crippen LogP contribution in [0, 0.1) is 5.92 Å². The number of methoxy groups -OCH3 is 1. The Morgan fingerprint density at radius 3 is 2.38 bits per heavy atom. The van der Waals surface area contributed by atoms with Crippen LogP contribution in [0.5, 0.6) is 11.5 Å². The van der Waals surface area contributed by atoms with Crippen molar-refractivity contribution in [1.29, 1.82) is 0 Å². The molecule has 1 aliphatic rings. The number of rotatable bonds is 6. The number of nitrogens with one attached hydrogen (secondary N) is 1. The first-order chi connectivity index (χ1) is 12.6. The molecule has 0 radical (unpaired) electrons. The molecule has 0 spiro atoms. The highest BCUT2D eigenvalue weighted by atomic mass is 16.5. The van der Waals surface area contributed by atoms with Crippen molar-refractivity contribution in [1.82, 2.24) is 0 Å². The maximum Gasteiger partial charge on any atom is 0.229 e. The van der Waals surface area contributed by atoms with E-state index in [1.807, 2.05) is 31.2 Å². The van der Waals surface area contributed by atoms with Crippen molar-refractivity contribution in [3.63, 3.8) is 0 Å². The Morgan fingerprint density at radius 2 is 1.77 bits per heavy atom. The molecule has 136 valence electrons. The van der Waals surface area contributed by atoms with Crippen molar-refractivity contribution in [2.24, 2.45) is 5.92 Å². The molecule has 6 nitrogen and oxygen atoms in total. The third kappa shape index (κ3) is 3.96. The third-order valence-electron chi connectivity index (χ3n) is 4.31. The van der Waals surface area contributed by atoms with Gasteiger partial charge in [-0.3, -0.25) is 9.59 Å². The highest BCUT2D eigenvalue weighted by molar-refractivity contribution is 6.03. The Kier molecular flexibility index (Phi) is 5.41. The molecule has 6 heteroatoms. The number of nitrogens with zero attached hydrogens (tertiary/aromatic N) is 1. The van der Waals surface area contributed by atoms with Gasteiger partial charge in [0.15, 0.2) is 0 Å². The minimum Gasteiger partial charge on any atom is -0.497 e. The van der Waals surface area contributed by atoms with E-state index < -0.39 is 0 Å². The van der Waals surface area contributed by atoms with Gasteiger partial charge in [0.1, 0.15) is 11.5 Å². The first kappa shape index (κ1) is 17.8. The lowest BCUT2D eigenvalue weighted by Crippen LogP contribution is -2.28. The summed E-state index contributed by atoms with van der Waals surface area (Å²) in [5, 5.41) is 2.86. The third-order valence-corrected chi connectivity index (χ3v) is 4.31. The van der Waals surface area contributed by atoms with Crippen LogP contribution in [0.25, 0.3) is 0 Å². The van der Waals surface area contributed by atoms with Crippen molar-refractivity contribution >= 4 is 23.2 Å². The van der Waals surface area contributed by atoms with E-state index in [1.165, 1.54) is 0 Å². The van der Waals surface area contributed by atoms with Crippen molar-refractivity contribution < 1.29 is 19.1 Å². The summed E-state index contributed by atoms with van der Waals surface area (Å²) in [7, 11) is 1.59. The summed E-state index contributed by atoms with van der Waals surface area (Å²) in [4.78, 5) is 26.5. The zero-order valence-electron chi connectivity index (χ0n) is 14.9. The summed E-state index contributed by atoms with van der Waals surface area (Å²) in [5.41, 5.74) is 1.46. The fourth-order valence-electron chi connectivity index (χ4n) is 2.94. The lowest BCUT2D eigenvalue weighted by Gasteiger charge is -2.17. The average Bonchev–Trinajstić information content (AvgIpc) is 3.05. The monoisotopic (exact) mass is 354 g/mol. The summed E-state index contributed by atoms with van der Waals surface area (Å²) in [6, 6.07) is 14.5. The Hall–Kier alpha value is -3.02. The second kappa shape index (κ2) is 7.91. The number of amides is 2. The topological polar surface area (TPSA) is 67.9 Å². The van der Waals surface area contributed by atoms with Crippen molar-refractivity contribution in [2.45, 2.75) is 13.3 Å².